The van der Waals surface area contributed by atoms with E-state index in [1.165, 1.54) is 38.6 Å². The van der Waals surface area contributed by atoms with E-state index in [0.29, 0.717) is 12.0 Å². The molecular weight excluding hydrogens is 162 g/mol. The van der Waals surface area contributed by atoms with Gasteiger partial charge in [-0.25, -0.2) is 0 Å². The lowest BCUT2D eigenvalue weighted by molar-refractivity contribution is 0.0283. The zero-order valence-corrected chi connectivity index (χ0v) is 8.58. The average Bonchev–Trinajstić information content (AvgIpc) is 2.52. The molecule has 2 fully saturated rings. The second kappa shape index (κ2) is 3.97. The van der Waals surface area contributed by atoms with Crippen molar-refractivity contribution in [3.63, 3.8) is 0 Å². The first-order chi connectivity index (χ1) is 6.29. The molecule has 2 aliphatic rings. The lowest BCUT2D eigenvalue weighted by Crippen LogP contribution is -2.40. The number of hydrogen-bond donors (Lipinski definition) is 1. The Labute approximate surface area is 80.9 Å². The third-order valence-corrected chi connectivity index (χ3v) is 3.85. The van der Waals surface area contributed by atoms with Gasteiger partial charge in [0, 0.05) is 12.0 Å². The van der Waals surface area contributed by atoms with E-state index in [0.717, 1.165) is 6.42 Å². The van der Waals surface area contributed by atoms with Crippen LogP contribution in [0.2, 0.25) is 0 Å². The van der Waals surface area contributed by atoms with Crippen LogP contribution in [0.1, 0.15) is 38.5 Å². The Balaban J connectivity index is 1.97. The van der Waals surface area contributed by atoms with Crippen molar-refractivity contribution >= 4 is 0 Å². The van der Waals surface area contributed by atoms with E-state index in [-0.39, 0.29) is 6.10 Å². The Morgan fingerprint density at radius 2 is 1.85 bits per heavy atom. The predicted molar refractivity (Wildman–Crippen MR) is 53.6 cm³/mol. The van der Waals surface area contributed by atoms with Gasteiger partial charge in [0.2, 0.25) is 0 Å². The number of hydrogen-bond acceptors (Lipinski definition) is 2. The summed E-state index contributed by atoms with van der Waals surface area (Å²) >= 11 is 0. The van der Waals surface area contributed by atoms with E-state index in [2.05, 4.69) is 11.9 Å². The topological polar surface area (TPSA) is 23.5 Å². The SMILES string of the molecule is CN1CCCC1C1CCCCC1O. The van der Waals surface area contributed by atoms with Gasteiger partial charge in [0.15, 0.2) is 0 Å². The normalized spacial score (nSPS) is 42.5. The van der Waals surface area contributed by atoms with Gasteiger partial charge in [-0.2, -0.15) is 0 Å². The van der Waals surface area contributed by atoms with Crippen LogP contribution in [-0.4, -0.2) is 35.7 Å². The summed E-state index contributed by atoms with van der Waals surface area (Å²) < 4.78 is 0. The Hall–Kier alpha value is -0.0800. The van der Waals surface area contributed by atoms with Crippen molar-refractivity contribution in [1.29, 1.82) is 0 Å². The molecule has 3 atom stereocenters. The number of aliphatic hydroxyl groups is 1. The maximum absolute atomic E-state index is 9.92. The minimum Gasteiger partial charge on any atom is -0.393 e. The fourth-order valence-corrected chi connectivity index (χ4v) is 3.07. The molecule has 1 aliphatic carbocycles. The van der Waals surface area contributed by atoms with Crippen LogP contribution in [0.5, 0.6) is 0 Å². The molecule has 1 aliphatic heterocycles. The fraction of sp³-hybridized carbons (Fsp3) is 1.00. The molecule has 0 bridgehead atoms. The molecule has 0 amide bonds. The van der Waals surface area contributed by atoms with Gasteiger partial charge >= 0.3 is 0 Å². The highest BCUT2D eigenvalue weighted by Crippen LogP contribution is 2.33. The standard InChI is InChI=1S/C11H21NO/c1-12-8-4-6-10(12)9-5-2-3-7-11(9)13/h9-11,13H,2-8H2,1H3. The van der Waals surface area contributed by atoms with Crippen LogP contribution >= 0.6 is 0 Å². The van der Waals surface area contributed by atoms with Crippen molar-refractivity contribution in [2.75, 3.05) is 13.6 Å². The van der Waals surface area contributed by atoms with Crippen LogP contribution in [0.25, 0.3) is 0 Å². The molecule has 0 aromatic heterocycles. The van der Waals surface area contributed by atoms with Gasteiger partial charge in [-0.1, -0.05) is 12.8 Å². The van der Waals surface area contributed by atoms with Crippen molar-refractivity contribution in [3.05, 3.63) is 0 Å². The molecular formula is C11H21NO. The quantitative estimate of drug-likeness (QED) is 0.668. The second-order valence-electron chi connectivity index (χ2n) is 4.71. The molecule has 1 saturated heterocycles. The summed E-state index contributed by atoms with van der Waals surface area (Å²) in [4.78, 5) is 2.44. The molecule has 0 spiro atoms. The van der Waals surface area contributed by atoms with Crippen LogP contribution in [0.15, 0.2) is 0 Å². The summed E-state index contributed by atoms with van der Waals surface area (Å²) in [6, 6.07) is 0.676. The van der Waals surface area contributed by atoms with Gasteiger partial charge in [0.25, 0.3) is 0 Å². The molecule has 2 nitrogen and oxygen atoms in total. The van der Waals surface area contributed by atoms with Crippen molar-refractivity contribution in [3.8, 4) is 0 Å². The first kappa shape index (κ1) is 9.47. The molecule has 2 heteroatoms. The Bertz CT molecular complexity index is 171. The van der Waals surface area contributed by atoms with Gasteiger partial charge < -0.3 is 10.0 Å². The smallest absolute Gasteiger partial charge is 0.0583 e. The average molecular weight is 183 g/mol. The third-order valence-electron chi connectivity index (χ3n) is 3.85. The van der Waals surface area contributed by atoms with Gasteiger partial charge in [-0.3, -0.25) is 0 Å². The minimum absolute atomic E-state index is 0.0145. The fourth-order valence-electron chi connectivity index (χ4n) is 3.07. The molecule has 3 unspecified atom stereocenters. The van der Waals surface area contributed by atoms with Crippen LogP contribution < -0.4 is 0 Å². The van der Waals surface area contributed by atoms with Crippen molar-refractivity contribution < 1.29 is 5.11 Å². The molecule has 76 valence electrons. The Kier molecular flexibility index (Phi) is 2.89. The van der Waals surface area contributed by atoms with Crippen LogP contribution in [0.4, 0.5) is 0 Å². The van der Waals surface area contributed by atoms with Crippen LogP contribution in [0, 0.1) is 5.92 Å². The van der Waals surface area contributed by atoms with Gasteiger partial charge in [-0.05, 0) is 39.3 Å². The summed E-state index contributed by atoms with van der Waals surface area (Å²) in [6.45, 7) is 1.23. The van der Waals surface area contributed by atoms with E-state index >= 15 is 0 Å². The zero-order valence-electron chi connectivity index (χ0n) is 8.58. The van der Waals surface area contributed by atoms with Crippen LogP contribution in [0.3, 0.4) is 0 Å². The number of rotatable bonds is 1. The first-order valence-electron chi connectivity index (χ1n) is 5.67. The maximum Gasteiger partial charge on any atom is 0.0583 e. The first-order valence-corrected chi connectivity index (χ1v) is 5.67. The van der Waals surface area contributed by atoms with Gasteiger partial charge in [0.05, 0.1) is 6.10 Å². The Morgan fingerprint density at radius 3 is 2.46 bits per heavy atom. The Morgan fingerprint density at radius 1 is 1.08 bits per heavy atom. The molecule has 1 heterocycles. The van der Waals surface area contributed by atoms with Crippen LogP contribution in [-0.2, 0) is 0 Å². The summed E-state index contributed by atoms with van der Waals surface area (Å²) in [5.74, 6) is 0.571. The lowest BCUT2D eigenvalue weighted by atomic mass is 9.81. The van der Waals surface area contributed by atoms with E-state index < -0.39 is 0 Å². The lowest BCUT2D eigenvalue weighted by Gasteiger charge is -2.35. The van der Waals surface area contributed by atoms with E-state index in [1.54, 1.807) is 0 Å². The predicted octanol–water partition coefficient (Wildman–Crippen LogP) is 1.63. The molecule has 0 radical (unpaired) electrons. The summed E-state index contributed by atoms with van der Waals surface area (Å²) in [7, 11) is 2.21. The van der Waals surface area contributed by atoms with Crippen molar-refractivity contribution in [2.45, 2.75) is 50.7 Å². The van der Waals surface area contributed by atoms with Crippen molar-refractivity contribution in [2.24, 2.45) is 5.92 Å². The number of aliphatic hydroxyl groups excluding tert-OH is 1. The second-order valence-corrected chi connectivity index (χ2v) is 4.71. The molecule has 1 N–H and O–H groups in total. The van der Waals surface area contributed by atoms with E-state index in [9.17, 15) is 5.11 Å². The summed E-state index contributed by atoms with van der Waals surface area (Å²) in [5, 5.41) is 9.92. The monoisotopic (exact) mass is 183 g/mol. The molecule has 13 heavy (non-hydrogen) atoms. The van der Waals surface area contributed by atoms with Crippen molar-refractivity contribution in [1.82, 2.24) is 4.90 Å². The third kappa shape index (κ3) is 1.89. The highest BCUT2D eigenvalue weighted by Gasteiger charge is 2.34. The zero-order chi connectivity index (χ0) is 9.26. The minimum atomic E-state index is -0.0145. The highest BCUT2D eigenvalue weighted by molar-refractivity contribution is 4.88. The number of nitrogens with zero attached hydrogens (tertiary/aromatic N) is 1. The van der Waals surface area contributed by atoms with Gasteiger partial charge in [-0.15, -0.1) is 0 Å². The largest absolute Gasteiger partial charge is 0.393 e. The van der Waals surface area contributed by atoms with E-state index in [4.69, 9.17) is 0 Å². The molecule has 1 saturated carbocycles. The van der Waals surface area contributed by atoms with E-state index in [1.807, 2.05) is 0 Å². The maximum atomic E-state index is 9.92. The highest BCUT2D eigenvalue weighted by atomic mass is 16.3. The number of likely N-dealkylation sites (tertiary alicyclic amines) is 1. The molecule has 2 rings (SSSR count). The van der Waals surface area contributed by atoms with Gasteiger partial charge in [0.1, 0.15) is 0 Å². The molecule has 0 aromatic rings. The molecule has 0 aromatic carbocycles. The summed E-state index contributed by atoms with van der Waals surface area (Å²) in [5.41, 5.74) is 0. The summed E-state index contributed by atoms with van der Waals surface area (Å²) in [6.07, 6.45) is 7.45.